The zero-order valence-electron chi connectivity index (χ0n) is 10.8. The lowest BCUT2D eigenvalue weighted by atomic mass is 10.2. The van der Waals surface area contributed by atoms with Crippen LogP contribution in [0.4, 0.5) is 0 Å². The molecule has 0 aliphatic carbocycles. The average Bonchev–Trinajstić information content (AvgIpc) is 2.41. The number of aliphatic carboxylic acids is 1. The number of carbonyl (C=O) groups is 1. The second-order valence-corrected chi connectivity index (χ2v) is 5.17. The van der Waals surface area contributed by atoms with Crippen molar-refractivity contribution in [2.45, 2.75) is 6.92 Å². The van der Waals surface area contributed by atoms with Crippen LogP contribution in [0.2, 0.25) is 0 Å². The van der Waals surface area contributed by atoms with Gasteiger partial charge in [0.15, 0.2) is 0 Å². The van der Waals surface area contributed by atoms with Crippen LogP contribution in [0.15, 0.2) is 53.0 Å². The number of hydrogen-bond donors (Lipinski definition) is 1. The molecule has 2 aromatic rings. The van der Waals surface area contributed by atoms with Crippen molar-refractivity contribution in [2.75, 3.05) is 0 Å². The lowest BCUT2D eigenvalue weighted by molar-refractivity contribution is -0.131. The molecule has 2 rings (SSSR count). The molecule has 1 N–H and O–H groups in total. The maximum atomic E-state index is 10.4. The van der Waals surface area contributed by atoms with Gasteiger partial charge in [-0.2, -0.15) is 0 Å². The predicted octanol–water partition coefficient (Wildman–Crippen LogP) is 4.65. The van der Waals surface area contributed by atoms with E-state index in [2.05, 4.69) is 15.9 Å². The summed E-state index contributed by atoms with van der Waals surface area (Å²) in [6, 6.07) is 13.0. The molecule has 102 valence electrons. The second kappa shape index (κ2) is 6.39. The lowest BCUT2D eigenvalue weighted by Crippen LogP contribution is -1.88. The van der Waals surface area contributed by atoms with E-state index in [1.807, 2.05) is 49.4 Å². The summed E-state index contributed by atoms with van der Waals surface area (Å²) in [4.78, 5) is 10.4. The number of aryl methyl sites for hydroxylation is 1. The number of hydrogen-bond acceptors (Lipinski definition) is 2. The fraction of sp³-hybridized carbons (Fsp3) is 0.0625. The van der Waals surface area contributed by atoms with Gasteiger partial charge in [-0.05, 0) is 54.5 Å². The van der Waals surface area contributed by atoms with Crippen molar-refractivity contribution in [2.24, 2.45) is 0 Å². The third-order valence-electron chi connectivity index (χ3n) is 2.66. The SMILES string of the molecule is Cc1cc(Br)ccc1Oc1ccc(C=CC(=O)O)cc1. The van der Waals surface area contributed by atoms with E-state index in [4.69, 9.17) is 9.84 Å². The van der Waals surface area contributed by atoms with Crippen molar-refractivity contribution in [3.63, 3.8) is 0 Å². The Kier molecular flexibility index (Phi) is 4.58. The molecule has 0 spiro atoms. The molecule has 0 heterocycles. The van der Waals surface area contributed by atoms with Gasteiger partial charge in [-0.25, -0.2) is 4.79 Å². The molecule has 0 aromatic heterocycles. The highest BCUT2D eigenvalue weighted by Crippen LogP contribution is 2.27. The van der Waals surface area contributed by atoms with E-state index in [9.17, 15) is 4.79 Å². The van der Waals surface area contributed by atoms with Crippen molar-refractivity contribution in [1.82, 2.24) is 0 Å². The Morgan fingerprint density at radius 3 is 2.50 bits per heavy atom. The molecule has 0 aliphatic heterocycles. The van der Waals surface area contributed by atoms with Crippen LogP contribution in [-0.2, 0) is 4.79 Å². The van der Waals surface area contributed by atoms with Gasteiger partial charge >= 0.3 is 5.97 Å². The third-order valence-corrected chi connectivity index (χ3v) is 3.16. The van der Waals surface area contributed by atoms with E-state index >= 15 is 0 Å². The standard InChI is InChI=1S/C16H13BrO3/c1-11-10-13(17)5-8-15(11)20-14-6-2-12(3-7-14)4-9-16(18)19/h2-10H,1H3,(H,18,19). The Balaban J connectivity index is 2.12. The minimum atomic E-state index is -0.962. The Bertz CT molecular complexity index is 645. The Morgan fingerprint density at radius 2 is 1.90 bits per heavy atom. The van der Waals surface area contributed by atoms with Crippen molar-refractivity contribution in [1.29, 1.82) is 0 Å². The maximum Gasteiger partial charge on any atom is 0.328 e. The van der Waals surface area contributed by atoms with E-state index in [0.29, 0.717) is 5.75 Å². The van der Waals surface area contributed by atoms with Crippen LogP contribution in [0.5, 0.6) is 11.5 Å². The summed E-state index contributed by atoms with van der Waals surface area (Å²) in [5.74, 6) is 0.542. The first-order chi connectivity index (χ1) is 9.54. The molecule has 0 saturated heterocycles. The predicted molar refractivity (Wildman–Crippen MR) is 82.1 cm³/mol. The molecular formula is C16H13BrO3. The molecule has 0 saturated carbocycles. The summed E-state index contributed by atoms with van der Waals surface area (Å²) in [6.45, 7) is 1.98. The van der Waals surface area contributed by atoms with Crippen LogP contribution in [0.25, 0.3) is 6.08 Å². The molecule has 0 bridgehead atoms. The summed E-state index contributed by atoms with van der Waals surface area (Å²) in [6.07, 6.45) is 2.64. The first-order valence-corrected chi connectivity index (χ1v) is 6.79. The lowest BCUT2D eigenvalue weighted by Gasteiger charge is -2.09. The van der Waals surface area contributed by atoms with Crippen LogP contribution in [0, 0.1) is 6.92 Å². The number of carboxylic acid groups (broad SMARTS) is 1. The van der Waals surface area contributed by atoms with Crippen LogP contribution in [-0.4, -0.2) is 11.1 Å². The zero-order chi connectivity index (χ0) is 14.5. The molecule has 3 nitrogen and oxygen atoms in total. The van der Waals surface area contributed by atoms with Gasteiger partial charge < -0.3 is 9.84 Å². The number of rotatable bonds is 4. The maximum absolute atomic E-state index is 10.4. The minimum Gasteiger partial charge on any atom is -0.478 e. The van der Waals surface area contributed by atoms with Gasteiger partial charge in [0, 0.05) is 10.5 Å². The number of halogens is 1. The van der Waals surface area contributed by atoms with Crippen LogP contribution < -0.4 is 4.74 Å². The Hall–Kier alpha value is -2.07. The van der Waals surface area contributed by atoms with Gasteiger partial charge in [0.2, 0.25) is 0 Å². The number of carboxylic acids is 1. The van der Waals surface area contributed by atoms with Crippen molar-refractivity contribution in [3.8, 4) is 11.5 Å². The fourth-order valence-corrected chi connectivity index (χ4v) is 2.14. The molecular weight excluding hydrogens is 320 g/mol. The highest BCUT2D eigenvalue weighted by Gasteiger charge is 2.02. The average molecular weight is 333 g/mol. The van der Waals surface area contributed by atoms with Crippen LogP contribution in [0.3, 0.4) is 0 Å². The molecule has 20 heavy (non-hydrogen) atoms. The van der Waals surface area contributed by atoms with Gasteiger partial charge in [0.1, 0.15) is 11.5 Å². The summed E-state index contributed by atoms with van der Waals surface area (Å²) in [7, 11) is 0. The fourth-order valence-electron chi connectivity index (χ4n) is 1.67. The topological polar surface area (TPSA) is 46.5 Å². The molecule has 0 fully saturated rings. The first kappa shape index (κ1) is 14.3. The molecule has 0 radical (unpaired) electrons. The zero-order valence-corrected chi connectivity index (χ0v) is 12.4. The third kappa shape index (κ3) is 3.96. The van der Waals surface area contributed by atoms with Gasteiger partial charge in [0.05, 0.1) is 0 Å². The Morgan fingerprint density at radius 1 is 1.20 bits per heavy atom. The van der Waals surface area contributed by atoms with Gasteiger partial charge in [-0.3, -0.25) is 0 Å². The minimum absolute atomic E-state index is 0.711. The van der Waals surface area contributed by atoms with E-state index in [0.717, 1.165) is 27.4 Å². The Labute approximate surface area is 125 Å². The molecule has 4 heteroatoms. The molecule has 0 aliphatic rings. The van der Waals surface area contributed by atoms with Gasteiger partial charge in [-0.15, -0.1) is 0 Å². The first-order valence-electron chi connectivity index (χ1n) is 6.00. The number of benzene rings is 2. The largest absolute Gasteiger partial charge is 0.478 e. The van der Waals surface area contributed by atoms with Crippen LogP contribution >= 0.6 is 15.9 Å². The van der Waals surface area contributed by atoms with E-state index in [1.54, 1.807) is 0 Å². The normalized spacial score (nSPS) is 10.7. The highest BCUT2D eigenvalue weighted by molar-refractivity contribution is 9.10. The molecule has 0 unspecified atom stereocenters. The summed E-state index contributed by atoms with van der Waals surface area (Å²) < 4.78 is 6.79. The second-order valence-electron chi connectivity index (χ2n) is 4.25. The van der Waals surface area contributed by atoms with Crippen molar-refractivity contribution < 1.29 is 14.6 Å². The van der Waals surface area contributed by atoms with E-state index in [-0.39, 0.29) is 0 Å². The van der Waals surface area contributed by atoms with E-state index in [1.165, 1.54) is 6.08 Å². The molecule has 2 aromatic carbocycles. The van der Waals surface area contributed by atoms with Crippen molar-refractivity contribution in [3.05, 3.63) is 64.1 Å². The molecule has 0 atom stereocenters. The summed E-state index contributed by atoms with van der Waals surface area (Å²) in [5, 5.41) is 8.56. The van der Waals surface area contributed by atoms with Crippen LogP contribution in [0.1, 0.15) is 11.1 Å². The summed E-state index contributed by atoms with van der Waals surface area (Å²) >= 11 is 3.41. The molecule has 0 amide bonds. The van der Waals surface area contributed by atoms with E-state index < -0.39 is 5.97 Å². The van der Waals surface area contributed by atoms with Gasteiger partial charge in [0.25, 0.3) is 0 Å². The van der Waals surface area contributed by atoms with Gasteiger partial charge in [-0.1, -0.05) is 28.1 Å². The highest BCUT2D eigenvalue weighted by atomic mass is 79.9. The monoisotopic (exact) mass is 332 g/mol. The quantitative estimate of drug-likeness (QED) is 0.829. The number of ether oxygens (including phenoxy) is 1. The smallest absolute Gasteiger partial charge is 0.328 e. The summed E-state index contributed by atoms with van der Waals surface area (Å²) in [5.41, 5.74) is 1.85. The van der Waals surface area contributed by atoms with Crippen molar-refractivity contribution >= 4 is 28.0 Å².